The van der Waals surface area contributed by atoms with Crippen LogP contribution in [-0.2, 0) is 0 Å². The summed E-state index contributed by atoms with van der Waals surface area (Å²) >= 11 is 5.49. The minimum atomic E-state index is 0.669. The Kier molecular flexibility index (Phi) is 5.96. The zero-order chi connectivity index (χ0) is 18.8. The smallest absolute Gasteiger partial charge is 0.0457 e. The number of rotatable bonds is 5. The maximum atomic E-state index is 3.66. The molecule has 2 aromatic carbocycles. The number of nitrogens with one attached hydrogen (secondary N) is 1. The molecule has 1 aliphatic heterocycles. The van der Waals surface area contributed by atoms with Crippen LogP contribution in [0.1, 0.15) is 44.6 Å². The van der Waals surface area contributed by atoms with Gasteiger partial charge in [0.2, 0.25) is 0 Å². The maximum Gasteiger partial charge on any atom is 0.0457 e. The molecule has 2 nitrogen and oxygen atoms in total. The first-order valence-electron chi connectivity index (χ1n) is 9.93. The second kappa shape index (κ2) is 8.42. The number of piperidine rings is 1. The van der Waals surface area contributed by atoms with Crippen LogP contribution in [0.25, 0.3) is 10.9 Å². The topological polar surface area (TPSA) is 19.0 Å². The third kappa shape index (κ3) is 4.13. The molecule has 0 amide bonds. The Labute approximate surface area is 174 Å². The molecular formula is C23H27BrN2S. The summed E-state index contributed by atoms with van der Waals surface area (Å²) < 4.78 is 1.15. The lowest BCUT2D eigenvalue weighted by molar-refractivity contribution is 0.158. The van der Waals surface area contributed by atoms with E-state index >= 15 is 0 Å². The number of nitrogens with zero attached hydrogens (tertiary/aromatic N) is 1. The van der Waals surface area contributed by atoms with Crippen molar-refractivity contribution in [3.8, 4) is 0 Å². The maximum absolute atomic E-state index is 3.66. The molecule has 1 aromatic heterocycles. The normalized spacial score (nSPS) is 17.4. The molecule has 0 aliphatic carbocycles. The molecule has 1 saturated heterocycles. The van der Waals surface area contributed by atoms with Crippen molar-refractivity contribution in [2.75, 3.05) is 13.1 Å². The van der Waals surface area contributed by atoms with Crippen LogP contribution < -0.4 is 0 Å². The quantitative estimate of drug-likeness (QED) is 0.455. The van der Waals surface area contributed by atoms with E-state index in [0.29, 0.717) is 12.0 Å². The summed E-state index contributed by atoms with van der Waals surface area (Å²) in [5.74, 6) is 0.669. The minimum absolute atomic E-state index is 0.669. The predicted octanol–water partition coefficient (Wildman–Crippen LogP) is 7.06. The van der Waals surface area contributed by atoms with Gasteiger partial charge < -0.3 is 9.88 Å². The van der Waals surface area contributed by atoms with E-state index in [1.165, 1.54) is 58.6 Å². The van der Waals surface area contributed by atoms with Crippen molar-refractivity contribution in [3.63, 3.8) is 0 Å². The molecule has 4 rings (SSSR count). The lowest BCUT2D eigenvalue weighted by Gasteiger charge is -2.35. The average Bonchev–Trinajstić information content (AvgIpc) is 3.12. The minimum Gasteiger partial charge on any atom is -0.361 e. The van der Waals surface area contributed by atoms with Gasteiger partial charge in [-0.15, -0.1) is 0 Å². The summed E-state index contributed by atoms with van der Waals surface area (Å²) in [6.45, 7) is 7.09. The van der Waals surface area contributed by atoms with Crippen LogP contribution in [0.15, 0.2) is 62.9 Å². The number of halogens is 1. The molecule has 1 fully saturated rings. The van der Waals surface area contributed by atoms with Gasteiger partial charge >= 0.3 is 0 Å². The van der Waals surface area contributed by atoms with Gasteiger partial charge in [0.1, 0.15) is 0 Å². The number of benzene rings is 2. The van der Waals surface area contributed by atoms with E-state index in [2.05, 4.69) is 88.3 Å². The number of likely N-dealkylation sites (tertiary alicyclic amines) is 1. The third-order valence-electron chi connectivity index (χ3n) is 5.93. The van der Waals surface area contributed by atoms with Crippen LogP contribution in [-0.4, -0.2) is 29.0 Å². The molecule has 0 spiro atoms. The number of fused-ring (bicyclic) bond motifs is 1. The Balaban J connectivity index is 1.55. The highest BCUT2D eigenvalue weighted by Gasteiger charge is 2.24. The molecular weight excluding hydrogens is 416 g/mol. The zero-order valence-corrected chi connectivity index (χ0v) is 18.4. The van der Waals surface area contributed by atoms with Crippen molar-refractivity contribution < 1.29 is 0 Å². The van der Waals surface area contributed by atoms with Crippen LogP contribution in [0.2, 0.25) is 0 Å². The first kappa shape index (κ1) is 19.1. The molecule has 27 heavy (non-hydrogen) atoms. The molecule has 0 saturated carbocycles. The lowest BCUT2D eigenvalue weighted by Crippen LogP contribution is -2.39. The van der Waals surface area contributed by atoms with Crippen molar-refractivity contribution in [2.24, 2.45) is 0 Å². The molecule has 0 bridgehead atoms. The van der Waals surface area contributed by atoms with Crippen molar-refractivity contribution >= 4 is 38.6 Å². The molecule has 1 aliphatic rings. The molecule has 2 heterocycles. The fourth-order valence-corrected chi connectivity index (χ4v) is 5.49. The van der Waals surface area contributed by atoms with Crippen LogP contribution >= 0.6 is 27.7 Å². The molecule has 1 N–H and O–H groups in total. The highest BCUT2D eigenvalue weighted by atomic mass is 79.9. The molecule has 142 valence electrons. The summed E-state index contributed by atoms with van der Waals surface area (Å²) in [7, 11) is 0. The number of hydrogen-bond acceptors (Lipinski definition) is 2. The molecule has 1 atom stereocenters. The highest BCUT2D eigenvalue weighted by molar-refractivity contribution is 9.10. The number of aromatic nitrogens is 1. The van der Waals surface area contributed by atoms with Crippen LogP contribution in [0.3, 0.4) is 0 Å². The first-order chi connectivity index (χ1) is 13.2. The summed E-state index contributed by atoms with van der Waals surface area (Å²) in [6, 6.07) is 16.0. The number of hydrogen-bond donors (Lipinski definition) is 1. The second-order valence-corrected chi connectivity index (χ2v) is 9.52. The Hall–Kier alpha value is -1.23. The summed E-state index contributed by atoms with van der Waals surface area (Å²) in [6.07, 6.45) is 6.02. The van der Waals surface area contributed by atoms with Gasteiger partial charge in [0.25, 0.3) is 0 Å². The van der Waals surface area contributed by atoms with Gasteiger partial charge in [-0.25, -0.2) is 0 Å². The monoisotopic (exact) mass is 442 g/mol. The Morgan fingerprint density at radius 1 is 1.19 bits per heavy atom. The Bertz CT molecular complexity index is 912. The van der Waals surface area contributed by atoms with E-state index in [-0.39, 0.29) is 0 Å². The van der Waals surface area contributed by atoms with E-state index < -0.39 is 0 Å². The zero-order valence-electron chi connectivity index (χ0n) is 16.0. The summed E-state index contributed by atoms with van der Waals surface area (Å²) in [4.78, 5) is 8.71. The van der Waals surface area contributed by atoms with E-state index in [0.717, 1.165) is 4.47 Å². The van der Waals surface area contributed by atoms with Crippen molar-refractivity contribution in [1.82, 2.24) is 9.88 Å². The van der Waals surface area contributed by atoms with Crippen LogP contribution in [0, 0.1) is 0 Å². The summed E-state index contributed by atoms with van der Waals surface area (Å²) in [5.41, 5.74) is 2.76. The van der Waals surface area contributed by atoms with Crippen LogP contribution in [0.4, 0.5) is 0 Å². The Morgan fingerprint density at radius 2 is 1.96 bits per heavy atom. The van der Waals surface area contributed by atoms with Crippen molar-refractivity contribution in [2.45, 2.75) is 54.9 Å². The molecule has 0 radical (unpaired) electrons. The van der Waals surface area contributed by atoms with Gasteiger partial charge in [-0.05, 0) is 97.0 Å². The van der Waals surface area contributed by atoms with Gasteiger partial charge in [-0.2, -0.15) is 0 Å². The van der Waals surface area contributed by atoms with Gasteiger partial charge in [0.15, 0.2) is 0 Å². The lowest BCUT2D eigenvalue weighted by atomic mass is 9.88. The third-order valence-corrected chi connectivity index (χ3v) is 7.95. The predicted molar refractivity (Wildman–Crippen MR) is 120 cm³/mol. The van der Waals surface area contributed by atoms with Gasteiger partial charge in [0.05, 0.1) is 0 Å². The average molecular weight is 443 g/mol. The van der Waals surface area contributed by atoms with E-state index in [9.17, 15) is 0 Å². The van der Waals surface area contributed by atoms with Crippen LogP contribution in [0.5, 0.6) is 0 Å². The van der Waals surface area contributed by atoms with Crippen molar-refractivity contribution in [3.05, 3.63) is 58.7 Å². The Morgan fingerprint density at radius 3 is 2.70 bits per heavy atom. The molecule has 4 heteroatoms. The standard InChI is InChI=1S/C23H27BrN2S/c1-3-16(2)26-12-10-17(11-13-26)20-15-25-22-9-8-18(14-19(20)22)27-23-7-5-4-6-21(23)24/h4-9,14-17,25H,3,10-13H2,1-2H3. The van der Waals surface area contributed by atoms with Gasteiger partial charge in [-0.3, -0.25) is 0 Å². The fraction of sp³-hybridized carbons (Fsp3) is 0.391. The first-order valence-corrected chi connectivity index (χ1v) is 11.5. The van der Waals surface area contributed by atoms with E-state index in [1.807, 2.05) is 11.8 Å². The fourth-order valence-electron chi connectivity index (χ4n) is 4.09. The van der Waals surface area contributed by atoms with E-state index in [1.54, 1.807) is 0 Å². The van der Waals surface area contributed by atoms with Crippen molar-refractivity contribution in [1.29, 1.82) is 0 Å². The molecule has 1 unspecified atom stereocenters. The number of H-pyrrole nitrogens is 1. The van der Waals surface area contributed by atoms with Gasteiger partial charge in [-0.1, -0.05) is 30.8 Å². The van der Waals surface area contributed by atoms with Gasteiger partial charge in [0, 0.05) is 37.4 Å². The van der Waals surface area contributed by atoms with E-state index in [4.69, 9.17) is 0 Å². The molecule has 3 aromatic rings. The second-order valence-electron chi connectivity index (χ2n) is 7.55. The largest absolute Gasteiger partial charge is 0.361 e. The summed E-state index contributed by atoms with van der Waals surface area (Å²) in [5, 5.41) is 1.40. The number of aromatic amines is 1. The highest BCUT2D eigenvalue weighted by Crippen LogP contribution is 2.38. The SMILES string of the molecule is CCC(C)N1CCC(c2c[nH]c3ccc(Sc4ccccc4Br)cc23)CC1.